The lowest BCUT2D eigenvalue weighted by Gasteiger charge is -2.28. The van der Waals surface area contributed by atoms with Crippen molar-refractivity contribution in [1.82, 2.24) is 10.2 Å². The lowest BCUT2D eigenvalue weighted by atomic mass is 9.91. The van der Waals surface area contributed by atoms with Gasteiger partial charge in [-0.05, 0) is 49.4 Å². The molecule has 0 bridgehead atoms. The van der Waals surface area contributed by atoms with Crippen LogP contribution < -0.4 is 11.1 Å². The summed E-state index contributed by atoms with van der Waals surface area (Å²) in [6, 6.07) is 11.3. The number of hydrogen-bond donors (Lipinski definition) is 3. The number of benzene rings is 1. The van der Waals surface area contributed by atoms with E-state index in [0.717, 1.165) is 24.1 Å². The van der Waals surface area contributed by atoms with E-state index in [9.17, 15) is 0 Å². The van der Waals surface area contributed by atoms with Crippen molar-refractivity contribution < 1.29 is 0 Å². The molecule has 0 spiro atoms. The summed E-state index contributed by atoms with van der Waals surface area (Å²) in [6.45, 7) is 0. The summed E-state index contributed by atoms with van der Waals surface area (Å²) in [4.78, 5) is 0. The van der Waals surface area contributed by atoms with Crippen LogP contribution in [-0.2, 0) is 0 Å². The van der Waals surface area contributed by atoms with E-state index < -0.39 is 0 Å². The van der Waals surface area contributed by atoms with Gasteiger partial charge in [0.2, 0.25) is 0 Å². The molecule has 2 aromatic rings. The third-order valence-corrected chi connectivity index (χ3v) is 3.78. The van der Waals surface area contributed by atoms with Crippen molar-refractivity contribution in [3.63, 3.8) is 0 Å². The van der Waals surface area contributed by atoms with Crippen molar-refractivity contribution in [2.75, 3.05) is 5.32 Å². The fourth-order valence-corrected chi connectivity index (χ4v) is 2.76. The zero-order chi connectivity index (χ0) is 13.1. The highest BCUT2D eigenvalue weighted by atomic mass is 15.1. The molecule has 1 aliphatic rings. The standard InChI is InChI=1S/C15H20N4/c16-12-2-1-3-14(10-12)18-13-6-4-11(5-7-13)15-8-9-17-19-15/h4-9,12,14,18H,1-3,10,16H2,(H,17,19). The van der Waals surface area contributed by atoms with E-state index in [1.165, 1.54) is 18.5 Å². The van der Waals surface area contributed by atoms with Gasteiger partial charge in [0.15, 0.2) is 0 Å². The molecule has 1 aromatic heterocycles. The maximum absolute atomic E-state index is 6.02. The molecule has 2 unspecified atom stereocenters. The van der Waals surface area contributed by atoms with E-state index in [-0.39, 0.29) is 0 Å². The van der Waals surface area contributed by atoms with E-state index in [0.29, 0.717) is 12.1 Å². The molecule has 0 saturated heterocycles. The van der Waals surface area contributed by atoms with E-state index in [1.807, 2.05) is 6.07 Å². The monoisotopic (exact) mass is 256 g/mol. The van der Waals surface area contributed by atoms with Crippen LogP contribution in [0.15, 0.2) is 36.5 Å². The van der Waals surface area contributed by atoms with Gasteiger partial charge in [-0.3, -0.25) is 5.10 Å². The summed E-state index contributed by atoms with van der Waals surface area (Å²) in [5, 5.41) is 10.5. The second-order valence-electron chi connectivity index (χ2n) is 5.32. The lowest BCUT2D eigenvalue weighted by molar-refractivity contribution is 0.409. The Hall–Kier alpha value is -1.81. The molecule has 0 amide bonds. The Kier molecular flexibility index (Phi) is 3.51. The van der Waals surface area contributed by atoms with Gasteiger partial charge in [0.05, 0.1) is 5.69 Å². The molecule has 2 atom stereocenters. The van der Waals surface area contributed by atoms with Gasteiger partial charge in [-0.1, -0.05) is 12.1 Å². The molecular formula is C15H20N4. The highest BCUT2D eigenvalue weighted by molar-refractivity contribution is 5.62. The first kappa shape index (κ1) is 12.2. The fourth-order valence-electron chi connectivity index (χ4n) is 2.76. The Labute approximate surface area is 113 Å². The maximum atomic E-state index is 6.02. The van der Waals surface area contributed by atoms with Crippen molar-refractivity contribution in [2.24, 2.45) is 5.73 Å². The van der Waals surface area contributed by atoms with Crippen LogP contribution in [0.4, 0.5) is 5.69 Å². The van der Waals surface area contributed by atoms with Crippen molar-refractivity contribution in [3.8, 4) is 11.3 Å². The Morgan fingerprint density at radius 3 is 2.68 bits per heavy atom. The predicted octanol–water partition coefficient (Wildman–Crippen LogP) is 2.76. The largest absolute Gasteiger partial charge is 0.382 e. The average Bonchev–Trinajstić information content (AvgIpc) is 2.94. The molecule has 1 aliphatic carbocycles. The Morgan fingerprint density at radius 1 is 1.16 bits per heavy atom. The zero-order valence-corrected chi connectivity index (χ0v) is 11.0. The first-order chi connectivity index (χ1) is 9.31. The number of aromatic amines is 1. The molecule has 3 rings (SSSR count). The van der Waals surface area contributed by atoms with Gasteiger partial charge >= 0.3 is 0 Å². The van der Waals surface area contributed by atoms with Crippen LogP contribution in [0.2, 0.25) is 0 Å². The van der Waals surface area contributed by atoms with Crippen LogP contribution in [0.1, 0.15) is 25.7 Å². The van der Waals surface area contributed by atoms with E-state index >= 15 is 0 Å². The predicted molar refractivity (Wildman–Crippen MR) is 77.9 cm³/mol. The Bertz CT molecular complexity index is 503. The van der Waals surface area contributed by atoms with Gasteiger partial charge in [-0.25, -0.2) is 0 Å². The number of rotatable bonds is 3. The minimum absolute atomic E-state index is 0.357. The molecule has 4 N–H and O–H groups in total. The number of aromatic nitrogens is 2. The molecule has 0 radical (unpaired) electrons. The number of hydrogen-bond acceptors (Lipinski definition) is 3. The number of nitrogens with two attached hydrogens (primary N) is 1. The van der Waals surface area contributed by atoms with E-state index in [1.54, 1.807) is 6.20 Å². The van der Waals surface area contributed by atoms with Gasteiger partial charge < -0.3 is 11.1 Å². The minimum Gasteiger partial charge on any atom is -0.382 e. The molecule has 1 saturated carbocycles. The molecule has 100 valence electrons. The summed E-state index contributed by atoms with van der Waals surface area (Å²) in [5.41, 5.74) is 9.39. The summed E-state index contributed by atoms with van der Waals surface area (Å²) in [5.74, 6) is 0. The van der Waals surface area contributed by atoms with Crippen LogP contribution in [0.5, 0.6) is 0 Å². The third-order valence-electron chi connectivity index (χ3n) is 3.78. The van der Waals surface area contributed by atoms with Gasteiger partial charge in [0.25, 0.3) is 0 Å². The maximum Gasteiger partial charge on any atom is 0.0650 e. The Morgan fingerprint density at radius 2 is 2.00 bits per heavy atom. The molecule has 4 nitrogen and oxygen atoms in total. The van der Waals surface area contributed by atoms with Crippen molar-refractivity contribution in [1.29, 1.82) is 0 Å². The number of nitrogens with one attached hydrogen (secondary N) is 2. The summed E-state index contributed by atoms with van der Waals surface area (Å²) < 4.78 is 0. The zero-order valence-electron chi connectivity index (χ0n) is 11.0. The molecule has 1 heterocycles. The number of H-pyrrole nitrogens is 1. The van der Waals surface area contributed by atoms with Crippen LogP contribution in [0, 0.1) is 0 Å². The van der Waals surface area contributed by atoms with Gasteiger partial charge in [-0.15, -0.1) is 0 Å². The van der Waals surface area contributed by atoms with Crippen LogP contribution >= 0.6 is 0 Å². The summed E-state index contributed by atoms with van der Waals surface area (Å²) >= 11 is 0. The second-order valence-corrected chi connectivity index (χ2v) is 5.32. The average molecular weight is 256 g/mol. The van der Waals surface area contributed by atoms with E-state index in [2.05, 4.69) is 39.8 Å². The van der Waals surface area contributed by atoms with Gasteiger partial charge in [0.1, 0.15) is 0 Å². The molecule has 1 aromatic carbocycles. The van der Waals surface area contributed by atoms with Crippen LogP contribution in [-0.4, -0.2) is 22.3 Å². The highest BCUT2D eigenvalue weighted by Gasteiger charge is 2.18. The quantitative estimate of drug-likeness (QED) is 0.791. The SMILES string of the molecule is NC1CCCC(Nc2ccc(-c3ccn[nH]3)cc2)C1. The van der Waals surface area contributed by atoms with Gasteiger partial charge in [0, 0.05) is 24.0 Å². The van der Waals surface area contributed by atoms with Crippen LogP contribution in [0.25, 0.3) is 11.3 Å². The van der Waals surface area contributed by atoms with Crippen molar-refractivity contribution in [3.05, 3.63) is 36.5 Å². The number of nitrogens with zero attached hydrogens (tertiary/aromatic N) is 1. The topological polar surface area (TPSA) is 66.7 Å². The fraction of sp³-hybridized carbons (Fsp3) is 0.400. The molecule has 0 aliphatic heterocycles. The minimum atomic E-state index is 0.357. The molecule has 4 heteroatoms. The summed E-state index contributed by atoms with van der Waals surface area (Å²) in [7, 11) is 0. The molecule has 1 fully saturated rings. The highest BCUT2D eigenvalue weighted by Crippen LogP contribution is 2.23. The first-order valence-electron chi connectivity index (χ1n) is 6.93. The van der Waals surface area contributed by atoms with Crippen molar-refractivity contribution in [2.45, 2.75) is 37.8 Å². The second kappa shape index (κ2) is 5.45. The first-order valence-corrected chi connectivity index (χ1v) is 6.93. The Balaban J connectivity index is 1.66. The molecule has 19 heavy (non-hydrogen) atoms. The van der Waals surface area contributed by atoms with Crippen LogP contribution in [0.3, 0.4) is 0 Å². The normalized spacial score (nSPS) is 23.2. The molecular weight excluding hydrogens is 236 g/mol. The third kappa shape index (κ3) is 2.96. The van der Waals surface area contributed by atoms with Crippen molar-refractivity contribution >= 4 is 5.69 Å². The lowest BCUT2D eigenvalue weighted by Crippen LogP contribution is -2.34. The summed E-state index contributed by atoms with van der Waals surface area (Å²) in [6.07, 6.45) is 6.45. The number of anilines is 1. The smallest absolute Gasteiger partial charge is 0.0650 e. The van der Waals surface area contributed by atoms with Gasteiger partial charge in [-0.2, -0.15) is 5.10 Å². The van der Waals surface area contributed by atoms with E-state index in [4.69, 9.17) is 5.73 Å².